The second kappa shape index (κ2) is 5.28. The second-order valence-electron chi connectivity index (χ2n) is 3.97. The molecule has 0 bridgehead atoms. The summed E-state index contributed by atoms with van der Waals surface area (Å²) in [6.45, 7) is 3.94. The van der Waals surface area contributed by atoms with E-state index in [0.717, 1.165) is 17.8 Å². The Balaban J connectivity index is 2.34. The molecule has 90 valence electrons. The van der Waals surface area contributed by atoms with Crippen LogP contribution in [-0.2, 0) is 6.42 Å². The summed E-state index contributed by atoms with van der Waals surface area (Å²) in [5, 5.41) is 12.1. The standard InChI is InChI=1S/C14H14N4/c1-3-11-6-4-5-7-13(11)18-14-16-10(2)8-12(9-15)17-14/h4-8H,3H2,1-2H3,(H,16,17,18). The van der Waals surface area contributed by atoms with E-state index in [1.54, 1.807) is 6.07 Å². The first-order valence-electron chi connectivity index (χ1n) is 5.83. The van der Waals surface area contributed by atoms with Crippen LogP contribution in [0.25, 0.3) is 0 Å². The van der Waals surface area contributed by atoms with E-state index in [1.165, 1.54) is 5.56 Å². The van der Waals surface area contributed by atoms with Crippen molar-refractivity contribution in [1.82, 2.24) is 9.97 Å². The van der Waals surface area contributed by atoms with Crippen LogP contribution in [0.4, 0.5) is 11.6 Å². The molecule has 0 fully saturated rings. The summed E-state index contributed by atoms with van der Waals surface area (Å²) in [7, 11) is 0. The molecule has 0 atom stereocenters. The maximum atomic E-state index is 8.89. The fraction of sp³-hybridized carbons (Fsp3) is 0.214. The summed E-state index contributed by atoms with van der Waals surface area (Å²) in [5.41, 5.74) is 3.33. The van der Waals surface area contributed by atoms with Gasteiger partial charge in [0.2, 0.25) is 5.95 Å². The van der Waals surface area contributed by atoms with Crippen LogP contribution >= 0.6 is 0 Å². The van der Waals surface area contributed by atoms with Gasteiger partial charge < -0.3 is 5.32 Å². The molecule has 1 aromatic heterocycles. The number of aryl methyl sites for hydroxylation is 2. The molecule has 4 nitrogen and oxygen atoms in total. The predicted octanol–water partition coefficient (Wildman–Crippen LogP) is 2.96. The highest BCUT2D eigenvalue weighted by molar-refractivity contribution is 5.58. The lowest BCUT2D eigenvalue weighted by molar-refractivity contribution is 1.08. The summed E-state index contributed by atoms with van der Waals surface area (Å²) >= 11 is 0. The molecule has 0 aliphatic rings. The summed E-state index contributed by atoms with van der Waals surface area (Å²) in [4.78, 5) is 8.42. The predicted molar refractivity (Wildman–Crippen MR) is 70.6 cm³/mol. The number of hydrogen-bond donors (Lipinski definition) is 1. The largest absolute Gasteiger partial charge is 0.324 e. The van der Waals surface area contributed by atoms with Crippen LogP contribution in [0.15, 0.2) is 30.3 Å². The van der Waals surface area contributed by atoms with Gasteiger partial charge in [0.1, 0.15) is 11.8 Å². The van der Waals surface area contributed by atoms with E-state index in [0.29, 0.717) is 11.6 Å². The number of nitriles is 1. The Morgan fingerprint density at radius 2 is 2.06 bits per heavy atom. The number of anilines is 2. The Morgan fingerprint density at radius 3 is 2.78 bits per heavy atom. The number of nitrogens with zero attached hydrogens (tertiary/aromatic N) is 3. The molecule has 0 amide bonds. The fourth-order valence-corrected chi connectivity index (χ4v) is 1.75. The maximum absolute atomic E-state index is 8.89. The molecule has 18 heavy (non-hydrogen) atoms. The van der Waals surface area contributed by atoms with E-state index in [2.05, 4.69) is 28.3 Å². The van der Waals surface area contributed by atoms with Crippen molar-refractivity contribution in [2.24, 2.45) is 0 Å². The quantitative estimate of drug-likeness (QED) is 0.893. The molecule has 1 N–H and O–H groups in total. The van der Waals surface area contributed by atoms with Crippen molar-refractivity contribution in [2.75, 3.05) is 5.32 Å². The fourth-order valence-electron chi connectivity index (χ4n) is 1.75. The van der Waals surface area contributed by atoms with E-state index in [4.69, 9.17) is 5.26 Å². The zero-order valence-electron chi connectivity index (χ0n) is 10.4. The third kappa shape index (κ3) is 2.64. The van der Waals surface area contributed by atoms with Crippen molar-refractivity contribution >= 4 is 11.6 Å². The van der Waals surface area contributed by atoms with Crippen LogP contribution in [0.3, 0.4) is 0 Å². The van der Waals surface area contributed by atoms with E-state index < -0.39 is 0 Å². The lowest BCUT2D eigenvalue weighted by Crippen LogP contribution is -2.02. The number of hydrogen-bond acceptors (Lipinski definition) is 4. The molecule has 0 unspecified atom stereocenters. The van der Waals surface area contributed by atoms with Crippen molar-refractivity contribution in [3.63, 3.8) is 0 Å². The van der Waals surface area contributed by atoms with Crippen LogP contribution in [0, 0.1) is 18.3 Å². The highest BCUT2D eigenvalue weighted by atomic mass is 15.1. The van der Waals surface area contributed by atoms with Gasteiger partial charge in [-0.25, -0.2) is 9.97 Å². The van der Waals surface area contributed by atoms with Crippen LogP contribution < -0.4 is 5.32 Å². The van der Waals surface area contributed by atoms with Crippen molar-refractivity contribution in [2.45, 2.75) is 20.3 Å². The first kappa shape index (κ1) is 12.1. The molecule has 0 saturated heterocycles. The number of benzene rings is 1. The van der Waals surface area contributed by atoms with Crippen LogP contribution in [0.5, 0.6) is 0 Å². The molecule has 0 saturated carbocycles. The van der Waals surface area contributed by atoms with E-state index in [1.807, 2.05) is 31.2 Å². The Hall–Kier alpha value is -2.41. The number of rotatable bonds is 3. The topological polar surface area (TPSA) is 61.6 Å². The van der Waals surface area contributed by atoms with Gasteiger partial charge in [-0.2, -0.15) is 5.26 Å². The summed E-state index contributed by atoms with van der Waals surface area (Å²) in [5.74, 6) is 0.465. The lowest BCUT2D eigenvalue weighted by atomic mass is 10.1. The smallest absolute Gasteiger partial charge is 0.228 e. The maximum Gasteiger partial charge on any atom is 0.228 e. The minimum absolute atomic E-state index is 0.374. The molecule has 0 aliphatic carbocycles. The van der Waals surface area contributed by atoms with Gasteiger partial charge in [0.05, 0.1) is 0 Å². The summed E-state index contributed by atoms with van der Waals surface area (Å²) in [6.07, 6.45) is 0.931. The van der Waals surface area contributed by atoms with Gasteiger partial charge in [0.25, 0.3) is 0 Å². The van der Waals surface area contributed by atoms with Gasteiger partial charge in [-0.05, 0) is 31.0 Å². The third-order valence-electron chi connectivity index (χ3n) is 2.61. The van der Waals surface area contributed by atoms with Gasteiger partial charge in [-0.15, -0.1) is 0 Å². The van der Waals surface area contributed by atoms with Gasteiger partial charge in [0.15, 0.2) is 0 Å². The molecule has 0 radical (unpaired) electrons. The van der Waals surface area contributed by atoms with Crippen molar-refractivity contribution in [3.8, 4) is 6.07 Å². The van der Waals surface area contributed by atoms with Gasteiger partial charge in [0, 0.05) is 11.4 Å². The first-order valence-corrected chi connectivity index (χ1v) is 5.83. The normalized spacial score (nSPS) is 9.83. The van der Waals surface area contributed by atoms with Gasteiger partial charge in [-0.3, -0.25) is 0 Å². The lowest BCUT2D eigenvalue weighted by Gasteiger charge is -2.09. The molecule has 0 spiro atoms. The first-order chi connectivity index (χ1) is 8.72. The Kier molecular flexibility index (Phi) is 3.54. The molecule has 2 rings (SSSR count). The zero-order chi connectivity index (χ0) is 13.0. The van der Waals surface area contributed by atoms with E-state index in [9.17, 15) is 0 Å². The van der Waals surface area contributed by atoms with E-state index in [-0.39, 0.29) is 0 Å². The van der Waals surface area contributed by atoms with Crippen molar-refractivity contribution in [3.05, 3.63) is 47.3 Å². The van der Waals surface area contributed by atoms with Crippen LogP contribution in [-0.4, -0.2) is 9.97 Å². The summed E-state index contributed by atoms with van der Waals surface area (Å²) < 4.78 is 0. The third-order valence-corrected chi connectivity index (χ3v) is 2.61. The molecule has 1 heterocycles. The van der Waals surface area contributed by atoms with E-state index >= 15 is 0 Å². The molecular weight excluding hydrogens is 224 g/mol. The average Bonchev–Trinajstić information content (AvgIpc) is 2.38. The molecule has 2 aromatic rings. The van der Waals surface area contributed by atoms with Crippen molar-refractivity contribution < 1.29 is 0 Å². The average molecular weight is 238 g/mol. The Morgan fingerprint density at radius 1 is 1.28 bits per heavy atom. The number of aromatic nitrogens is 2. The monoisotopic (exact) mass is 238 g/mol. The number of nitrogens with one attached hydrogen (secondary N) is 1. The second-order valence-corrected chi connectivity index (χ2v) is 3.97. The van der Waals surface area contributed by atoms with Crippen molar-refractivity contribution in [1.29, 1.82) is 5.26 Å². The van der Waals surface area contributed by atoms with Gasteiger partial charge >= 0.3 is 0 Å². The highest BCUT2D eigenvalue weighted by Gasteiger charge is 2.04. The van der Waals surface area contributed by atoms with Gasteiger partial charge in [-0.1, -0.05) is 25.1 Å². The molecular formula is C14H14N4. The Bertz CT molecular complexity index is 599. The van der Waals surface area contributed by atoms with Crippen LogP contribution in [0.2, 0.25) is 0 Å². The molecule has 1 aromatic carbocycles. The molecule has 0 aliphatic heterocycles. The number of para-hydroxylation sites is 1. The SMILES string of the molecule is CCc1ccccc1Nc1nc(C)cc(C#N)n1. The summed E-state index contributed by atoms with van der Waals surface area (Å²) in [6, 6.07) is 11.7. The Labute approximate surface area is 106 Å². The zero-order valence-corrected chi connectivity index (χ0v) is 10.4. The minimum Gasteiger partial charge on any atom is -0.324 e. The highest BCUT2D eigenvalue weighted by Crippen LogP contribution is 2.19. The molecule has 4 heteroatoms. The van der Waals surface area contributed by atoms with Crippen LogP contribution in [0.1, 0.15) is 23.9 Å². The minimum atomic E-state index is 0.374.